The van der Waals surface area contributed by atoms with Gasteiger partial charge in [0, 0.05) is 18.2 Å². The molecule has 2 aliphatic rings. The maximum atomic E-state index is 14.2. The molecule has 0 saturated carbocycles. The van der Waals surface area contributed by atoms with Gasteiger partial charge >= 0.3 is 0 Å². The molecular formula is C30H34N6O5. The molecular weight excluding hydrogens is 524 g/mol. The zero-order valence-corrected chi connectivity index (χ0v) is 23.3. The summed E-state index contributed by atoms with van der Waals surface area (Å²) in [6, 6.07) is 10.7. The number of Topliss-reactive ketones (excluding diaryl/α,β-unsaturated/α-hetero) is 1. The molecule has 2 aliphatic heterocycles. The second kappa shape index (κ2) is 11.9. The van der Waals surface area contributed by atoms with E-state index in [0.717, 1.165) is 16.8 Å². The van der Waals surface area contributed by atoms with Crippen molar-refractivity contribution in [2.45, 2.75) is 58.2 Å². The number of amides is 3. The fourth-order valence-electron chi connectivity index (χ4n) is 5.63. The van der Waals surface area contributed by atoms with E-state index in [2.05, 4.69) is 26.0 Å². The van der Waals surface area contributed by atoms with Crippen LogP contribution in [-0.2, 0) is 33.8 Å². The van der Waals surface area contributed by atoms with Crippen LogP contribution in [0.5, 0.6) is 5.75 Å². The van der Waals surface area contributed by atoms with Crippen molar-refractivity contribution in [2.75, 3.05) is 12.0 Å². The van der Waals surface area contributed by atoms with Gasteiger partial charge in [0.1, 0.15) is 17.5 Å². The lowest BCUT2D eigenvalue weighted by Crippen LogP contribution is -2.54. The summed E-state index contributed by atoms with van der Waals surface area (Å²) in [7, 11) is 1.54. The highest BCUT2D eigenvalue weighted by Gasteiger charge is 2.47. The van der Waals surface area contributed by atoms with Crippen LogP contribution in [0.25, 0.3) is 0 Å². The van der Waals surface area contributed by atoms with Gasteiger partial charge in [-0.15, -0.1) is 5.10 Å². The van der Waals surface area contributed by atoms with Gasteiger partial charge in [0.25, 0.3) is 5.91 Å². The Morgan fingerprint density at radius 2 is 1.90 bits per heavy atom. The van der Waals surface area contributed by atoms with Crippen LogP contribution in [-0.4, -0.2) is 58.1 Å². The average molecular weight is 559 g/mol. The van der Waals surface area contributed by atoms with Gasteiger partial charge in [0.05, 0.1) is 31.3 Å². The second-order valence-corrected chi connectivity index (χ2v) is 10.6. The van der Waals surface area contributed by atoms with E-state index in [1.807, 2.05) is 32.0 Å². The Hall–Kier alpha value is -4.54. The van der Waals surface area contributed by atoms with Crippen LogP contribution < -0.4 is 20.3 Å². The first-order valence-corrected chi connectivity index (χ1v) is 13.9. The number of rotatable bonds is 10. The Bertz CT molecular complexity index is 1440. The molecule has 214 valence electrons. The van der Waals surface area contributed by atoms with E-state index in [-0.39, 0.29) is 24.2 Å². The van der Waals surface area contributed by atoms with Crippen LogP contribution in [0.1, 0.15) is 53.9 Å². The van der Waals surface area contributed by atoms with Gasteiger partial charge in [-0.3, -0.25) is 29.2 Å². The minimum Gasteiger partial charge on any atom is -0.497 e. The molecule has 0 fully saturated rings. The third-order valence-electron chi connectivity index (χ3n) is 8.12. The Morgan fingerprint density at radius 3 is 2.59 bits per heavy atom. The van der Waals surface area contributed by atoms with Crippen LogP contribution in [0.3, 0.4) is 0 Å². The zero-order chi connectivity index (χ0) is 29.1. The quantitative estimate of drug-likeness (QED) is 0.324. The summed E-state index contributed by atoms with van der Waals surface area (Å²) in [4.78, 5) is 56.3. The van der Waals surface area contributed by atoms with Crippen molar-refractivity contribution in [1.82, 2.24) is 26.0 Å². The van der Waals surface area contributed by atoms with Gasteiger partial charge < -0.3 is 15.4 Å². The average Bonchev–Trinajstić information content (AvgIpc) is 3.63. The minimum absolute atomic E-state index is 0.160. The highest BCUT2D eigenvalue weighted by atomic mass is 16.5. The maximum Gasteiger partial charge on any atom is 0.251 e. The van der Waals surface area contributed by atoms with Gasteiger partial charge in [-0.2, -0.15) is 0 Å². The van der Waals surface area contributed by atoms with Gasteiger partial charge in [-0.05, 0) is 54.2 Å². The normalized spacial score (nSPS) is 19.1. The van der Waals surface area contributed by atoms with Crippen LogP contribution in [0, 0.1) is 11.8 Å². The third kappa shape index (κ3) is 5.57. The first-order valence-electron chi connectivity index (χ1n) is 13.9. The molecule has 0 bridgehead atoms. The number of methoxy groups -OCH3 is 1. The lowest BCUT2D eigenvalue weighted by atomic mass is 9.85. The van der Waals surface area contributed by atoms with Crippen LogP contribution in [0.4, 0.5) is 5.69 Å². The molecule has 5 rings (SSSR count). The molecule has 3 amide bonds. The van der Waals surface area contributed by atoms with E-state index in [1.165, 1.54) is 4.90 Å². The Morgan fingerprint density at radius 1 is 1.15 bits per heavy atom. The number of hydrogen-bond acceptors (Lipinski definition) is 7. The number of carbonyl (C=O) groups excluding carboxylic acids is 4. The van der Waals surface area contributed by atoms with E-state index >= 15 is 0 Å². The molecule has 0 aliphatic carbocycles. The molecule has 1 aromatic heterocycles. The highest BCUT2D eigenvalue weighted by molar-refractivity contribution is 6.15. The molecule has 0 radical (unpaired) electrons. The number of hydrogen-bond donors (Lipinski definition) is 3. The Labute approximate surface area is 238 Å². The number of H-pyrrole nitrogens is 1. The summed E-state index contributed by atoms with van der Waals surface area (Å²) in [5.74, 6) is -2.08. The number of anilines is 1. The van der Waals surface area contributed by atoms with Crippen LogP contribution >= 0.6 is 0 Å². The summed E-state index contributed by atoms with van der Waals surface area (Å²) in [6.07, 6.45) is 3.37. The first kappa shape index (κ1) is 28.0. The smallest absolute Gasteiger partial charge is 0.251 e. The molecule has 2 aromatic carbocycles. The molecule has 3 heterocycles. The van der Waals surface area contributed by atoms with Gasteiger partial charge in [0.2, 0.25) is 11.8 Å². The largest absolute Gasteiger partial charge is 0.497 e. The first-order chi connectivity index (χ1) is 19.8. The number of nitrogens with one attached hydrogen (secondary N) is 3. The molecule has 4 atom stereocenters. The second-order valence-electron chi connectivity index (χ2n) is 10.6. The SMILES string of the molecule is CC[C@H](C)[C@H](NC(=O)c1ccc(OC)cc1)C(=O)[C@@H]1CCc2cccc3c2N(C1=O)[C@H](C(=O)NCc1c[nH]nn1)C3. The van der Waals surface area contributed by atoms with Crippen molar-refractivity contribution < 1.29 is 23.9 Å². The Balaban J connectivity index is 1.40. The van der Waals surface area contributed by atoms with E-state index in [1.54, 1.807) is 37.6 Å². The van der Waals surface area contributed by atoms with E-state index in [0.29, 0.717) is 42.7 Å². The number of benzene rings is 2. The third-order valence-corrected chi connectivity index (χ3v) is 8.12. The summed E-state index contributed by atoms with van der Waals surface area (Å²) < 4.78 is 5.17. The standard InChI is InChI=1S/C30H34N6O5/c1-4-17(2)25(33-28(38)19-8-11-22(41-3)12-9-19)27(37)23-13-10-18-6-5-7-20-14-24(36(26(18)20)30(23)40)29(39)31-15-21-16-32-35-34-21/h5-9,11-12,16-17,23-25H,4,10,13-15H2,1-3H3,(H,31,39)(H,33,38)(H,32,34,35)/t17-,23-,24-,25-/m0/s1. The topological polar surface area (TPSA) is 146 Å². The van der Waals surface area contributed by atoms with Crippen molar-refractivity contribution in [1.29, 1.82) is 0 Å². The zero-order valence-electron chi connectivity index (χ0n) is 23.3. The van der Waals surface area contributed by atoms with E-state index in [4.69, 9.17) is 4.74 Å². The molecule has 11 nitrogen and oxygen atoms in total. The monoisotopic (exact) mass is 558 g/mol. The highest BCUT2D eigenvalue weighted by Crippen LogP contribution is 2.40. The fraction of sp³-hybridized carbons (Fsp3) is 0.400. The molecule has 3 aromatic rings. The molecule has 3 N–H and O–H groups in total. The number of aromatic nitrogens is 3. The number of nitrogens with zero attached hydrogens (tertiary/aromatic N) is 3. The number of ketones is 1. The Kier molecular flexibility index (Phi) is 8.14. The predicted molar refractivity (Wildman–Crippen MR) is 150 cm³/mol. The summed E-state index contributed by atoms with van der Waals surface area (Å²) in [5, 5.41) is 15.9. The molecule has 41 heavy (non-hydrogen) atoms. The summed E-state index contributed by atoms with van der Waals surface area (Å²) >= 11 is 0. The summed E-state index contributed by atoms with van der Waals surface area (Å²) in [6.45, 7) is 3.99. The number of ether oxygens (including phenoxy) is 1. The van der Waals surface area contributed by atoms with E-state index in [9.17, 15) is 19.2 Å². The maximum absolute atomic E-state index is 14.2. The van der Waals surface area contributed by atoms with Crippen molar-refractivity contribution >= 4 is 29.2 Å². The molecule has 11 heteroatoms. The van der Waals surface area contributed by atoms with Crippen LogP contribution in [0.2, 0.25) is 0 Å². The van der Waals surface area contributed by atoms with Crippen molar-refractivity contribution in [3.63, 3.8) is 0 Å². The van der Waals surface area contributed by atoms with Crippen molar-refractivity contribution in [3.05, 3.63) is 71.0 Å². The molecule has 0 unspecified atom stereocenters. The summed E-state index contributed by atoms with van der Waals surface area (Å²) in [5.41, 5.74) is 3.50. The van der Waals surface area contributed by atoms with Gasteiger partial charge in [-0.1, -0.05) is 43.7 Å². The van der Waals surface area contributed by atoms with Crippen molar-refractivity contribution in [2.24, 2.45) is 11.8 Å². The van der Waals surface area contributed by atoms with Crippen LogP contribution in [0.15, 0.2) is 48.7 Å². The number of aromatic amines is 1. The lowest BCUT2D eigenvalue weighted by molar-refractivity contribution is -0.136. The number of aryl methyl sites for hydroxylation is 1. The molecule has 0 saturated heterocycles. The minimum atomic E-state index is -1.01. The van der Waals surface area contributed by atoms with E-state index < -0.39 is 29.8 Å². The predicted octanol–water partition coefficient (Wildman–Crippen LogP) is 2.36. The van der Waals surface area contributed by atoms with Gasteiger partial charge in [-0.25, -0.2) is 0 Å². The number of para-hydroxylation sites is 1. The van der Waals surface area contributed by atoms with Gasteiger partial charge in [0.15, 0.2) is 5.78 Å². The fourth-order valence-corrected chi connectivity index (χ4v) is 5.63. The lowest BCUT2D eigenvalue weighted by Gasteiger charge is -2.30. The molecule has 0 spiro atoms. The number of carbonyl (C=O) groups is 4. The van der Waals surface area contributed by atoms with Crippen molar-refractivity contribution in [3.8, 4) is 5.75 Å².